The Balaban J connectivity index is 2.10. The molecule has 2 aromatic rings. The maximum Gasteiger partial charge on any atom is 0.417 e. The second-order valence-electron chi connectivity index (χ2n) is 5.11. The number of H-pyrrole nitrogens is 1. The molecule has 0 unspecified atom stereocenters. The fourth-order valence-electron chi connectivity index (χ4n) is 1.95. The summed E-state index contributed by atoms with van der Waals surface area (Å²) < 4.78 is 5.04. The van der Waals surface area contributed by atoms with E-state index in [0.29, 0.717) is 5.58 Å². The number of likely N-dealkylation sites (N-methyl/N-ethyl adjacent to an activating group) is 1. The maximum atomic E-state index is 11.1. The van der Waals surface area contributed by atoms with Gasteiger partial charge in [0.1, 0.15) is 0 Å². The van der Waals surface area contributed by atoms with E-state index < -0.39 is 5.76 Å². The van der Waals surface area contributed by atoms with Crippen molar-refractivity contribution in [1.82, 2.24) is 15.6 Å². The molecule has 18 heavy (non-hydrogen) atoms. The van der Waals surface area contributed by atoms with Crippen molar-refractivity contribution in [3.63, 3.8) is 0 Å². The molecule has 5 nitrogen and oxygen atoms in total. The van der Waals surface area contributed by atoms with Gasteiger partial charge in [-0.2, -0.15) is 0 Å². The molecule has 0 fully saturated rings. The molecule has 0 aliphatic heterocycles. The summed E-state index contributed by atoms with van der Waals surface area (Å²) in [7, 11) is 1.93. The molecular weight excluding hydrogens is 230 g/mol. The van der Waals surface area contributed by atoms with Gasteiger partial charge in [0.05, 0.1) is 5.52 Å². The summed E-state index contributed by atoms with van der Waals surface area (Å²) in [6.07, 6.45) is 0. The third-order valence-corrected chi connectivity index (χ3v) is 2.88. The minimum atomic E-state index is -0.411. The number of aromatic amines is 1. The van der Waals surface area contributed by atoms with Crippen molar-refractivity contribution in [2.75, 3.05) is 13.6 Å². The van der Waals surface area contributed by atoms with Gasteiger partial charge in [-0.15, -0.1) is 0 Å². The molecule has 1 aromatic carbocycles. The average molecular weight is 249 g/mol. The summed E-state index contributed by atoms with van der Waals surface area (Å²) in [4.78, 5) is 13.7. The minimum absolute atomic E-state index is 0.0166. The number of fused-ring (bicyclic) bond motifs is 1. The maximum absolute atomic E-state index is 11.1. The number of aromatic nitrogens is 1. The number of nitrogens with one attached hydrogen (secondary N) is 3. The third-order valence-electron chi connectivity index (χ3n) is 2.88. The van der Waals surface area contributed by atoms with Crippen molar-refractivity contribution >= 4 is 11.1 Å². The first-order chi connectivity index (χ1) is 8.50. The van der Waals surface area contributed by atoms with Crippen LogP contribution in [0.4, 0.5) is 0 Å². The van der Waals surface area contributed by atoms with Crippen LogP contribution in [0.3, 0.4) is 0 Å². The molecule has 0 radical (unpaired) electrons. The fraction of sp³-hybridized carbons (Fsp3) is 0.462. The molecule has 1 heterocycles. The van der Waals surface area contributed by atoms with Crippen molar-refractivity contribution in [3.8, 4) is 0 Å². The van der Waals surface area contributed by atoms with Crippen molar-refractivity contribution in [2.45, 2.75) is 25.9 Å². The largest absolute Gasteiger partial charge is 0.417 e. The van der Waals surface area contributed by atoms with Gasteiger partial charge in [0, 0.05) is 18.6 Å². The molecule has 0 aliphatic carbocycles. The van der Waals surface area contributed by atoms with E-state index in [2.05, 4.69) is 29.5 Å². The highest BCUT2D eigenvalue weighted by molar-refractivity contribution is 5.72. The van der Waals surface area contributed by atoms with Crippen LogP contribution in [-0.4, -0.2) is 24.1 Å². The van der Waals surface area contributed by atoms with Gasteiger partial charge in [-0.3, -0.25) is 4.98 Å². The minimum Gasteiger partial charge on any atom is -0.408 e. The number of rotatable bonds is 5. The Kier molecular flexibility index (Phi) is 3.54. The van der Waals surface area contributed by atoms with Gasteiger partial charge in [0.25, 0.3) is 0 Å². The molecule has 98 valence electrons. The predicted octanol–water partition coefficient (Wildman–Crippen LogP) is 1.21. The zero-order valence-corrected chi connectivity index (χ0v) is 11.0. The molecule has 5 heteroatoms. The molecule has 3 N–H and O–H groups in total. The molecule has 0 spiro atoms. The van der Waals surface area contributed by atoms with Crippen LogP contribution in [-0.2, 0) is 6.54 Å². The van der Waals surface area contributed by atoms with Crippen LogP contribution in [0.5, 0.6) is 0 Å². The monoisotopic (exact) mass is 249 g/mol. The molecule has 1 aromatic heterocycles. The Morgan fingerprint density at radius 2 is 2.17 bits per heavy atom. The standard InChI is InChI=1S/C13H19N3O2/c1-13(2,8-14-3)15-7-9-4-5-10-11(6-9)18-12(17)16-10/h4-6,14-15H,7-8H2,1-3H3,(H,16,17). The first kappa shape index (κ1) is 12.9. The molecule has 0 amide bonds. The Morgan fingerprint density at radius 3 is 2.89 bits per heavy atom. The Hall–Kier alpha value is -1.59. The summed E-state index contributed by atoms with van der Waals surface area (Å²) in [5, 5.41) is 6.61. The van der Waals surface area contributed by atoms with E-state index in [4.69, 9.17) is 4.42 Å². The third kappa shape index (κ3) is 3.00. The Labute approximate surface area is 106 Å². The SMILES string of the molecule is CNCC(C)(C)NCc1ccc2[nH]c(=O)oc2c1. The number of hydrogen-bond acceptors (Lipinski definition) is 4. The van der Waals surface area contributed by atoms with Gasteiger partial charge >= 0.3 is 5.76 Å². The molecule has 0 saturated carbocycles. The number of benzene rings is 1. The summed E-state index contributed by atoms with van der Waals surface area (Å²) >= 11 is 0. The molecule has 2 rings (SSSR count). The lowest BCUT2D eigenvalue weighted by Gasteiger charge is -2.26. The molecule has 0 aliphatic rings. The van der Waals surface area contributed by atoms with E-state index in [9.17, 15) is 4.79 Å². The van der Waals surface area contributed by atoms with Gasteiger partial charge in [-0.25, -0.2) is 4.79 Å². The summed E-state index contributed by atoms with van der Waals surface area (Å²) in [5.74, 6) is -0.411. The molecular formula is C13H19N3O2. The van der Waals surface area contributed by atoms with E-state index >= 15 is 0 Å². The topological polar surface area (TPSA) is 70.1 Å². The smallest absolute Gasteiger partial charge is 0.408 e. The van der Waals surface area contributed by atoms with Crippen molar-refractivity contribution in [3.05, 3.63) is 34.3 Å². The van der Waals surface area contributed by atoms with Gasteiger partial charge < -0.3 is 15.1 Å². The second kappa shape index (κ2) is 4.96. The number of oxazole rings is 1. The van der Waals surface area contributed by atoms with E-state index in [1.165, 1.54) is 0 Å². The van der Waals surface area contributed by atoms with E-state index in [-0.39, 0.29) is 5.54 Å². The fourth-order valence-corrected chi connectivity index (χ4v) is 1.95. The van der Waals surface area contributed by atoms with Crippen LogP contribution < -0.4 is 16.4 Å². The second-order valence-corrected chi connectivity index (χ2v) is 5.11. The van der Waals surface area contributed by atoms with Crippen LogP contribution in [0.2, 0.25) is 0 Å². The van der Waals surface area contributed by atoms with Gasteiger partial charge in [0.15, 0.2) is 5.58 Å². The average Bonchev–Trinajstić information content (AvgIpc) is 2.65. The highest BCUT2D eigenvalue weighted by Crippen LogP contribution is 2.13. The zero-order valence-electron chi connectivity index (χ0n) is 11.0. The summed E-state index contributed by atoms with van der Waals surface area (Å²) in [6.45, 7) is 5.89. The van der Waals surface area contributed by atoms with E-state index in [0.717, 1.165) is 24.2 Å². The normalized spacial score (nSPS) is 12.2. The van der Waals surface area contributed by atoms with Crippen LogP contribution >= 0.6 is 0 Å². The lowest BCUT2D eigenvalue weighted by atomic mass is 10.1. The Morgan fingerprint density at radius 1 is 1.39 bits per heavy atom. The number of hydrogen-bond donors (Lipinski definition) is 3. The van der Waals surface area contributed by atoms with E-state index in [1.54, 1.807) is 0 Å². The first-order valence-electron chi connectivity index (χ1n) is 6.01. The summed E-state index contributed by atoms with van der Waals surface area (Å²) in [5.41, 5.74) is 2.45. The highest BCUT2D eigenvalue weighted by atomic mass is 16.4. The van der Waals surface area contributed by atoms with Crippen LogP contribution in [0.1, 0.15) is 19.4 Å². The lowest BCUT2D eigenvalue weighted by molar-refractivity contribution is 0.374. The van der Waals surface area contributed by atoms with Gasteiger partial charge in [-0.1, -0.05) is 6.07 Å². The summed E-state index contributed by atoms with van der Waals surface area (Å²) in [6, 6.07) is 5.73. The van der Waals surface area contributed by atoms with Crippen molar-refractivity contribution < 1.29 is 4.42 Å². The van der Waals surface area contributed by atoms with Crippen LogP contribution in [0.15, 0.2) is 27.4 Å². The molecule has 0 saturated heterocycles. The van der Waals surface area contributed by atoms with Gasteiger partial charge in [0.2, 0.25) is 0 Å². The zero-order chi connectivity index (χ0) is 13.2. The molecule has 0 atom stereocenters. The van der Waals surface area contributed by atoms with Gasteiger partial charge in [-0.05, 0) is 38.6 Å². The van der Waals surface area contributed by atoms with Crippen molar-refractivity contribution in [2.24, 2.45) is 0 Å². The first-order valence-corrected chi connectivity index (χ1v) is 6.01. The van der Waals surface area contributed by atoms with Crippen molar-refractivity contribution in [1.29, 1.82) is 0 Å². The quantitative estimate of drug-likeness (QED) is 0.745. The highest BCUT2D eigenvalue weighted by Gasteiger charge is 2.15. The Bertz CT molecular complexity index is 583. The lowest BCUT2D eigenvalue weighted by Crippen LogP contribution is -2.46. The van der Waals surface area contributed by atoms with E-state index in [1.807, 2.05) is 25.2 Å². The predicted molar refractivity (Wildman–Crippen MR) is 71.7 cm³/mol. The van der Waals surface area contributed by atoms with Crippen LogP contribution in [0.25, 0.3) is 11.1 Å². The van der Waals surface area contributed by atoms with Crippen LogP contribution in [0, 0.1) is 0 Å². The molecule has 0 bridgehead atoms.